The molecule has 0 bridgehead atoms. The van der Waals surface area contributed by atoms with E-state index in [9.17, 15) is 13.2 Å². The van der Waals surface area contributed by atoms with Crippen LogP contribution in [0.2, 0.25) is 5.15 Å². The van der Waals surface area contributed by atoms with Crippen LogP contribution < -0.4 is 0 Å². The number of pyridine rings is 1. The van der Waals surface area contributed by atoms with Crippen LogP contribution in [0, 0.1) is 0 Å². The molecule has 0 fully saturated rings. The van der Waals surface area contributed by atoms with Gasteiger partial charge in [0, 0.05) is 24.8 Å². The Morgan fingerprint density at radius 2 is 1.84 bits per heavy atom. The predicted molar refractivity (Wildman–Crippen MR) is 94.9 cm³/mol. The van der Waals surface area contributed by atoms with Crippen LogP contribution in [0.5, 0.6) is 0 Å². The van der Waals surface area contributed by atoms with Crippen LogP contribution in [0.3, 0.4) is 0 Å². The van der Waals surface area contributed by atoms with Gasteiger partial charge in [0.05, 0.1) is 10.5 Å². The van der Waals surface area contributed by atoms with Crippen LogP contribution in [0.4, 0.5) is 0 Å². The van der Waals surface area contributed by atoms with Crippen LogP contribution in [-0.4, -0.2) is 36.8 Å². The van der Waals surface area contributed by atoms with Crippen molar-refractivity contribution in [3.63, 3.8) is 0 Å². The predicted octanol–water partition coefficient (Wildman–Crippen LogP) is 3.12. The van der Waals surface area contributed by atoms with E-state index in [1.165, 1.54) is 41.8 Å². The van der Waals surface area contributed by atoms with E-state index in [4.69, 9.17) is 16.3 Å². The fraction of sp³-hybridized carbons (Fsp3) is 0.294. The number of hydrogen-bond acceptors (Lipinski definition) is 5. The molecule has 0 atom stereocenters. The molecule has 2 rings (SSSR count). The lowest BCUT2D eigenvalue weighted by molar-refractivity contribution is 0.0472. The summed E-state index contributed by atoms with van der Waals surface area (Å²) in [7, 11) is -2.06. The summed E-state index contributed by atoms with van der Waals surface area (Å²) in [6.07, 6.45) is 1.52. The number of aromatic nitrogens is 1. The van der Waals surface area contributed by atoms with Crippen molar-refractivity contribution in [3.05, 3.63) is 58.9 Å². The largest absolute Gasteiger partial charge is 0.457 e. The second kappa shape index (κ2) is 7.95. The lowest BCUT2D eigenvalue weighted by Crippen LogP contribution is -2.33. The van der Waals surface area contributed by atoms with Gasteiger partial charge >= 0.3 is 5.97 Å². The average molecular weight is 383 g/mol. The molecule has 0 N–H and O–H groups in total. The first-order valence-corrected chi connectivity index (χ1v) is 9.39. The Hall–Kier alpha value is -1.96. The smallest absolute Gasteiger partial charge is 0.338 e. The summed E-state index contributed by atoms with van der Waals surface area (Å²) in [5, 5.41) is 0.359. The number of sulfonamides is 1. The molecule has 0 aliphatic rings. The quantitative estimate of drug-likeness (QED) is 0.566. The zero-order valence-corrected chi connectivity index (χ0v) is 15.7. The van der Waals surface area contributed by atoms with Crippen molar-refractivity contribution in [3.8, 4) is 0 Å². The maximum atomic E-state index is 12.4. The van der Waals surface area contributed by atoms with E-state index in [2.05, 4.69) is 4.98 Å². The highest BCUT2D eigenvalue weighted by atomic mass is 35.5. The number of carbonyl (C=O) groups excluding carboxylic acids is 1. The molecule has 2 aromatic rings. The number of esters is 1. The van der Waals surface area contributed by atoms with Gasteiger partial charge < -0.3 is 4.74 Å². The van der Waals surface area contributed by atoms with Crippen LogP contribution in [0.1, 0.15) is 29.8 Å². The molecule has 0 unspecified atom stereocenters. The van der Waals surface area contributed by atoms with E-state index < -0.39 is 16.0 Å². The topological polar surface area (TPSA) is 76.6 Å². The molecule has 134 valence electrons. The number of ether oxygens (including phenoxy) is 1. The Bertz CT molecular complexity index is 834. The summed E-state index contributed by atoms with van der Waals surface area (Å²) in [5.74, 6) is -0.545. The minimum Gasteiger partial charge on any atom is -0.457 e. The summed E-state index contributed by atoms with van der Waals surface area (Å²) >= 11 is 5.69. The molecular weight excluding hydrogens is 364 g/mol. The van der Waals surface area contributed by atoms with E-state index >= 15 is 0 Å². The third-order valence-corrected chi connectivity index (χ3v) is 5.92. The molecule has 0 saturated carbocycles. The Morgan fingerprint density at radius 3 is 2.36 bits per heavy atom. The third-order valence-electron chi connectivity index (χ3n) is 3.65. The maximum absolute atomic E-state index is 12.4. The first-order valence-electron chi connectivity index (χ1n) is 7.57. The zero-order valence-electron chi connectivity index (χ0n) is 14.1. The Morgan fingerprint density at radius 1 is 1.20 bits per heavy atom. The van der Waals surface area contributed by atoms with Gasteiger partial charge in [0.2, 0.25) is 10.0 Å². The normalized spacial score (nSPS) is 11.8. The Labute approximate surface area is 152 Å². The van der Waals surface area contributed by atoms with Gasteiger partial charge in [-0.3, -0.25) is 0 Å². The minimum absolute atomic E-state index is 0.0547. The van der Waals surface area contributed by atoms with Gasteiger partial charge in [-0.25, -0.2) is 18.2 Å². The van der Waals surface area contributed by atoms with E-state index in [1.54, 1.807) is 26.0 Å². The Kier molecular flexibility index (Phi) is 6.16. The molecular formula is C17H19ClN2O4S. The fourth-order valence-corrected chi connectivity index (χ4v) is 3.41. The highest BCUT2D eigenvalue weighted by Gasteiger charge is 2.23. The van der Waals surface area contributed by atoms with Crippen molar-refractivity contribution >= 4 is 27.6 Å². The molecule has 0 aliphatic carbocycles. The van der Waals surface area contributed by atoms with Gasteiger partial charge in [-0.2, -0.15) is 4.31 Å². The van der Waals surface area contributed by atoms with Gasteiger partial charge in [-0.1, -0.05) is 17.7 Å². The number of hydrogen-bond donors (Lipinski definition) is 0. The highest BCUT2D eigenvalue weighted by molar-refractivity contribution is 7.89. The van der Waals surface area contributed by atoms with Crippen LogP contribution in [-0.2, 0) is 21.4 Å². The van der Waals surface area contributed by atoms with Gasteiger partial charge in [-0.05, 0) is 44.2 Å². The standard InChI is InChI=1S/C17H19ClN2O4S/c1-12(2)20(3)25(22,23)15-7-5-14(6-8-15)17(21)24-11-13-4-9-16(18)19-10-13/h4-10,12H,11H2,1-3H3. The molecule has 0 spiro atoms. The first-order chi connectivity index (χ1) is 11.7. The van der Waals surface area contributed by atoms with Crippen molar-refractivity contribution < 1.29 is 17.9 Å². The number of rotatable bonds is 6. The second-order valence-corrected chi connectivity index (χ2v) is 8.09. The minimum atomic E-state index is -3.58. The summed E-state index contributed by atoms with van der Waals surface area (Å²) in [5.41, 5.74) is 0.976. The number of carbonyl (C=O) groups is 1. The van der Waals surface area contributed by atoms with Crippen LogP contribution in [0.25, 0.3) is 0 Å². The van der Waals surface area contributed by atoms with E-state index in [1.807, 2.05) is 0 Å². The van der Waals surface area contributed by atoms with Gasteiger partial charge in [0.25, 0.3) is 0 Å². The molecule has 0 saturated heterocycles. The monoisotopic (exact) mass is 382 g/mol. The average Bonchev–Trinajstić information content (AvgIpc) is 2.60. The molecule has 1 aromatic carbocycles. The van der Waals surface area contributed by atoms with Crippen molar-refractivity contribution in [1.82, 2.24) is 9.29 Å². The number of halogens is 1. The van der Waals surface area contributed by atoms with Crippen LogP contribution >= 0.6 is 11.6 Å². The van der Waals surface area contributed by atoms with Crippen molar-refractivity contribution in [1.29, 1.82) is 0 Å². The summed E-state index contributed by atoms with van der Waals surface area (Å²) < 4.78 is 31.2. The lowest BCUT2D eigenvalue weighted by atomic mass is 10.2. The molecule has 6 nitrogen and oxygen atoms in total. The molecule has 25 heavy (non-hydrogen) atoms. The van der Waals surface area contributed by atoms with E-state index in [0.29, 0.717) is 10.7 Å². The number of benzene rings is 1. The molecule has 1 aromatic heterocycles. The molecule has 0 radical (unpaired) electrons. The maximum Gasteiger partial charge on any atom is 0.338 e. The third kappa shape index (κ3) is 4.78. The zero-order chi connectivity index (χ0) is 18.6. The van der Waals surface area contributed by atoms with Crippen molar-refractivity contribution in [2.45, 2.75) is 31.4 Å². The van der Waals surface area contributed by atoms with E-state index in [0.717, 1.165) is 0 Å². The van der Waals surface area contributed by atoms with E-state index in [-0.39, 0.29) is 23.1 Å². The van der Waals surface area contributed by atoms with Crippen molar-refractivity contribution in [2.75, 3.05) is 7.05 Å². The summed E-state index contributed by atoms with van der Waals surface area (Å²) in [6.45, 7) is 3.63. The summed E-state index contributed by atoms with van der Waals surface area (Å²) in [6, 6.07) is 8.81. The molecule has 0 amide bonds. The van der Waals surface area contributed by atoms with Gasteiger partial charge in [-0.15, -0.1) is 0 Å². The summed E-state index contributed by atoms with van der Waals surface area (Å²) in [4.78, 5) is 16.1. The van der Waals surface area contributed by atoms with Crippen LogP contribution in [0.15, 0.2) is 47.5 Å². The fourth-order valence-electron chi connectivity index (χ4n) is 1.93. The number of nitrogens with zero attached hydrogens (tertiary/aromatic N) is 2. The highest BCUT2D eigenvalue weighted by Crippen LogP contribution is 2.18. The van der Waals surface area contributed by atoms with Crippen molar-refractivity contribution in [2.24, 2.45) is 0 Å². The molecule has 1 heterocycles. The lowest BCUT2D eigenvalue weighted by Gasteiger charge is -2.20. The molecule has 0 aliphatic heterocycles. The Balaban J connectivity index is 2.06. The van der Waals surface area contributed by atoms with Gasteiger partial charge in [0.15, 0.2) is 0 Å². The SMILES string of the molecule is CC(C)N(C)S(=O)(=O)c1ccc(C(=O)OCc2ccc(Cl)nc2)cc1. The van der Waals surface area contributed by atoms with Gasteiger partial charge in [0.1, 0.15) is 11.8 Å². The first kappa shape index (κ1) is 19.4. The second-order valence-electron chi connectivity index (χ2n) is 5.70. The molecule has 8 heteroatoms.